The summed E-state index contributed by atoms with van der Waals surface area (Å²) in [4.78, 5) is 29.6. The first-order chi connectivity index (χ1) is 17.8. The van der Waals surface area contributed by atoms with Crippen LogP contribution in [-0.4, -0.2) is 30.2 Å². The summed E-state index contributed by atoms with van der Waals surface area (Å²) >= 11 is 19.9. The van der Waals surface area contributed by atoms with E-state index >= 15 is 0 Å². The summed E-state index contributed by atoms with van der Waals surface area (Å²) in [5.41, 5.74) is 1.70. The molecule has 0 spiro atoms. The van der Waals surface area contributed by atoms with Gasteiger partial charge in [0.15, 0.2) is 23.3 Å². The standard InChI is InChI=1S/C26H20Cl3N3O4S/c1-2-35-20-12-15(11-18(28)24(20)36-14-22(33)30-16-7-4-3-5-8-16)13-21-25(34)32-26(37-21)31-19-10-6-9-17(27)23(19)29/h3-13H,2,14H2,1H3,(H,30,33)(H,31,32,34)/b21-13+. The molecule has 190 valence electrons. The summed E-state index contributed by atoms with van der Waals surface area (Å²) in [5.74, 6) is -0.0944. The maximum absolute atomic E-state index is 12.5. The minimum atomic E-state index is -0.346. The number of nitrogens with one attached hydrogen (secondary N) is 2. The lowest BCUT2D eigenvalue weighted by atomic mass is 10.2. The van der Waals surface area contributed by atoms with Gasteiger partial charge in [-0.3, -0.25) is 9.59 Å². The number of nitrogens with zero attached hydrogens (tertiary/aromatic N) is 1. The Hall–Kier alpha value is -3.17. The number of rotatable bonds is 8. The van der Waals surface area contributed by atoms with Crippen LogP contribution < -0.4 is 20.1 Å². The second-order valence-electron chi connectivity index (χ2n) is 7.52. The molecule has 1 fully saturated rings. The van der Waals surface area contributed by atoms with Gasteiger partial charge < -0.3 is 20.1 Å². The molecule has 2 N–H and O–H groups in total. The lowest BCUT2D eigenvalue weighted by molar-refractivity contribution is -0.118. The van der Waals surface area contributed by atoms with Gasteiger partial charge in [0.2, 0.25) is 0 Å². The predicted octanol–water partition coefficient (Wildman–Crippen LogP) is 6.95. The van der Waals surface area contributed by atoms with Gasteiger partial charge in [-0.15, -0.1) is 0 Å². The van der Waals surface area contributed by atoms with Gasteiger partial charge in [-0.05, 0) is 66.7 Å². The number of anilines is 1. The number of ether oxygens (including phenoxy) is 2. The average Bonchev–Trinajstić information content (AvgIpc) is 3.20. The lowest BCUT2D eigenvalue weighted by Gasteiger charge is -2.14. The molecule has 11 heteroatoms. The van der Waals surface area contributed by atoms with Gasteiger partial charge in [-0.25, -0.2) is 4.99 Å². The van der Waals surface area contributed by atoms with Crippen molar-refractivity contribution in [3.63, 3.8) is 0 Å². The highest BCUT2D eigenvalue weighted by atomic mass is 35.5. The van der Waals surface area contributed by atoms with Crippen molar-refractivity contribution in [1.29, 1.82) is 0 Å². The molecule has 3 aromatic rings. The van der Waals surface area contributed by atoms with Crippen LogP contribution in [0.15, 0.2) is 70.6 Å². The summed E-state index contributed by atoms with van der Waals surface area (Å²) in [5, 5.41) is 6.71. The Morgan fingerprint density at radius 2 is 1.84 bits per heavy atom. The summed E-state index contributed by atoms with van der Waals surface area (Å²) in [6.45, 7) is 1.89. The third kappa shape index (κ3) is 6.99. The van der Waals surface area contributed by atoms with E-state index in [-0.39, 0.29) is 29.2 Å². The number of amidine groups is 1. The Bertz CT molecular complexity index is 1400. The van der Waals surface area contributed by atoms with Crippen LogP contribution in [0.25, 0.3) is 6.08 Å². The molecule has 37 heavy (non-hydrogen) atoms. The molecule has 3 aromatic carbocycles. The van der Waals surface area contributed by atoms with Gasteiger partial charge in [0, 0.05) is 5.69 Å². The molecule has 7 nitrogen and oxygen atoms in total. The van der Waals surface area contributed by atoms with E-state index in [9.17, 15) is 9.59 Å². The Kier molecular flexibility index (Phi) is 9.00. The number of halogens is 3. The number of amides is 2. The zero-order chi connectivity index (χ0) is 26.4. The zero-order valence-electron chi connectivity index (χ0n) is 19.4. The summed E-state index contributed by atoms with van der Waals surface area (Å²) < 4.78 is 11.4. The minimum Gasteiger partial charge on any atom is -0.490 e. The Morgan fingerprint density at radius 3 is 2.59 bits per heavy atom. The first-order valence-corrected chi connectivity index (χ1v) is 13.0. The van der Waals surface area contributed by atoms with Crippen molar-refractivity contribution in [2.75, 3.05) is 18.5 Å². The van der Waals surface area contributed by atoms with Gasteiger partial charge >= 0.3 is 0 Å². The Labute approximate surface area is 232 Å². The number of benzene rings is 3. The van der Waals surface area contributed by atoms with Gasteiger partial charge in [-0.1, -0.05) is 59.1 Å². The molecule has 1 aliphatic heterocycles. The van der Waals surface area contributed by atoms with Crippen molar-refractivity contribution < 1.29 is 19.1 Å². The fraction of sp³-hybridized carbons (Fsp3) is 0.115. The van der Waals surface area contributed by atoms with Gasteiger partial charge in [0.1, 0.15) is 0 Å². The van der Waals surface area contributed by atoms with E-state index in [0.29, 0.717) is 49.4 Å². The molecule has 1 aliphatic rings. The number of hydrogen-bond donors (Lipinski definition) is 2. The van der Waals surface area contributed by atoms with E-state index in [0.717, 1.165) is 11.8 Å². The number of thioether (sulfide) groups is 1. The first-order valence-electron chi connectivity index (χ1n) is 11.0. The molecule has 4 rings (SSSR count). The summed E-state index contributed by atoms with van der Waals surface area (Å²) in [7, 11) is 0. The highest BCUT2D eigenvalue weighted by Crippen LogP contribution is 2.39. The molecule has 0 radical (unpaired) electrons. The van der Waals surface area contributed by atoms with Crippen molar-refractivity contribution in [3.8, 4) is 11.5 Å². The largest absolute Gasteiger partial charge is 0.490 e. The van der Waals surface area contributed by atoms with Crippen LogP contribution in [0, 0.1) is 0 Å². The van der Waals surface area contributed by atoms with E-state index in [2.05, 4.69) is 15.6 Å². The number of aliphatic imine (C=N–C) groups is 1. The Morgan fingerprint density at radius 1 is 1.05 bits per heavy atom. The van der Waals surface area contributed by atoms with Gasteiger partial charge in [-0.2, -0.15) is 0 Å². The van der Waals surface area contributed by atoms with Crippen LogP contribution in [0.2, 0.25) is 15.1 Å². The van der Waals surface area contributed by atoms with Crippen LogP contribution in [0.4, 0.5) is 11.4 Å². The molecule has 2 amide bonds. The molecular formula is C26H20Cl3N3O4S. The number of carbonyl (C=O) groups is 2. The average molecular weight is 577 g/mol. The molecule has 1 heterocycles. The van der Waals surface area contributed by atoms with Crippen molar-refractivity contribution in [2.24, 2.45) is 4.99 Å². The third-order valence-electron chi connectivity index (χ3n) is 4.84. The Balaban J connectivity index is 1.51. The lowest BCUT2D eigenvalue weighted by Crippen LogP contribution is -2.20. The fourth-order valence-corrected chi connectivity index (χ4v) is 4.70. The maximum Gasteiger partial charge on any atom is 0.264 e. The van der Waals surface area contributed by atoms with Gasteiger partial charge in [0.05, 0.1) is 32.3 Å². The summed E-state index contributed by atoms with van der Waals surface area (Å²) in [6.07, 6.45) is 1.66. The molecule has 1 saturated heterocycles. The van der Waals surface area contributed by atoms with E-state index in [1.807, 2.05) is 25.1 Å². The topological polar surface area (TPSA) is 89.0 Å². The van der Waals surface area contributed by atoms with E-state index in [1.54, 1.807) is 48.5 Å². The number of hydrogen-bond acceptors (Lipinski definition) is 6. The van der Waals surface area contributed by atoms with Crippen LogP contribution >= 0.6 is 46.6 Å². The van der Waals surface area contributed by atoms with Gasteiger partial charge in [0.25, 0.3) is 11.8 Å². The second kappa shape index (κ2) is 12.4. The van der Waals surface area contributed by atoms with Crippen molar-refractivity contribution >= 4 is 81.0 Å². The van der Waals surface area contributed by atoms with Crippen LogP contribution in [-0.2, 0) is 9.59 Å². The molecule has 0 unspecified atom stereocenters. The SMILES string of the molecule is CCOc1cc(/C=C2/SC(=Nc3cccc(Cl)c3Cl)NC2=O)cc(Cl)c1OCC(=O)Nc1ccccc1. The quantitative estimate of drug-likeness (QED) is 0.283. The molecule has 0 aliphatic carbocycles. The summed E-state index contributed by atoms with van der Waals surface area (Å²) in [6, 6.07) is 17.4. The van der Waals surface area contributed by atoms with E-state index in [4.69, 9.17) is 44.3 Å². The minimum absolute atomic E-state index is 0.230. The number of carbonyl (C=O) groups excluding carboxylic acids is 2. The predicted molar refractivity (Wildman–Crippen MR) is 150 cm³/mol. The van der Waals surface area contributed by atoms with Crippen molar-refractivity contribution in [3.05, 3.63) is 86.2 Å². The molecule has 0 saturated carbocycles. The number of para-hydroxylation sites is 1. The zero-order valence-corrected chi connectivity index (χ0v) is 22.5. The first kappa shape index (κ1) is 26.9. The van der Waals surface area contributed by atoms with Crippen LogP contribution in [0.1, 0.15) is 12.5 Å². The highest BCUT2D eigenvalue weighted by Gasteiger charge is 2.25. The molecule has 0 atom stereocenters. The van der Waals surface area contributed by atoms with Crippen molar-refractivity contribution in [2.45, 2.75) is 6.92 Å². The third-order valence-corrected chi connectivity index (χ3v) is 6.84. The fourth-order valence-electron chi connectivity index (χ4n) is 3.25. The van der Waals surface area contributed by atoms with E-state index in [1.165, 1.54) is 0 Å². The van der Waals surface area contributed by atoms with Crippen LogP contribution in [0.5, 0.6) is 11.5 Å². The molecule has 0 aromatic heterocycles. The van der Waals surface area contributed by atoms with Crippen LogP contribution in [0.3, 0.4) is 0 Å². The monoisotopic (exact) mass is 575 g/mol. The van der Waals surface area contributed by atoms with E-state index < -0.39 is 0 Å². The maximum atomic E-state index is 12.5. The second-order valence-corrected chi connectivity index (χ2v) is 9.74. The molecular weight excluding hydrogens is 557 g/mol. The molecule has 0 bridgehead atoms. The van der Waals surface area contributed by atoms with Crippen molar-refractivity contribution in [1.82, 2.24) is 5.32 Å². The smallest absolute Gasteiger partial charge is 0.264 e. The normalized spacial score (nSPS) is 15.1. The highest BCUT2D eigenvalue weighted by molar-refractivity contribution is 8.18.